The Kier molecular flexibility index (Phi) is 5.20. The summed E-state index contributed by atoms with van der Waals surface area (Å²) in [6.45, 7) is 4.73. The number of carboxylic acids is 2. The summed E-state index contributed by atoms with van der Waals surface area (Å²) < 4.78 is 43.3. The molecule has 0 spiro atoms. The van der Waals surface area contributed by atoms with E-state index in [2.05, 4.69) is 15.4 Å². The van der Waals surface area contributed by atoms with E-state index in [1.165, 1.54) is 0 Å². The number of halogens is 3. The Morgan fingerprint density at radius 2 is 1.90 bits per heavy atom. The van der Waals surface area contributed by atoms with Crippen LogP contribution >= 0.6 is 11.8 Å². The molecule has 30 heavy (non-hydrogen) atoms. The summed E-state index contributed by atoms with van der Waals surface area (Å²) in [6, 6.07) is 0. The zero-order valence-electron chi connectivity index (χ0n) is 16.0. The van der Waals surface area contributed by atoms with Gasteiger partial charge in [-0.05, 0) is 33.1 Å². The van der Waals surface area contributed by atoms with E-state index in [9.17, 15) is 37.8 Å². The Morgan fingerprint density at radius 1 is 1.27 bits per heavy atom. The van der Waals surface area contributed by atoms with Gasteiger partial charge >= 0.3 is 24.2 Å². The molecule has 2 aliphatic rings. The van der Waals surface area contributed by atoms with Crippen LogP contribution in [0.4, 0.5) is 18.0 Å². The van der Waals surface area contributed by atoms with Crippen LogP contribution in [0.5, 0.6) is 0 Å². The van der Waals surface area contributed by atoms with Gasteiger partial charge in [0.15, 0.2) is 0 Å². The van der Waals surface area contributed by atoms with Crippen LogP contribution in [0.2, 0.25) is 0 Å². The van der Waals surface area contributed by atoms with Gasteiger partial charge in [-0.2, -0.15) is 18.2 Å². The van der Waals surface area contributed by atoms with Crippen molar-refractivity contribution in [2.75, 3.05) is 0 Å². The van der Waals surface area contributed by atoms with E-state index in [1.807, 2.05) is 0 Å². The average Bonchev–Trinajstić information content (AvgIpc) is 2.99. The number of thioether (sulfide) groups is 1. The van der Waals surface area contributed by atoms with Gasteiger partial charge in [0, 0.05) is 11.2 Å². The molecule has 10 nitrogen and oxygen atoms in total. The standard InChI is InChI=1S/C16H19F3N4O6S/c1-14(2,3)29-13(28)21-15(11(26)27)4-5(6-7(8(6)15)9(24)25)30-12-20-10(22-23-12)16(17,18)19/h5-8H,4H2,1-3H3,(H,21,28)(H,24,25)(H,26,27)(H,20,22,23)/t5-,6+,7+,8+,15+/m1/s1. The molecular weight excluding hydrogens is 433 g/mol. The lowest BCUT2D eigenvalue weighted by Crippen LogP contribution is -2.57. The predicted octanol–water partition coefficient (Wildman–Crippen LogP) is 1.98. The third-order valence-electron chi connectivity index (χ3n) is 4.98. The molecule has 1 amide bonds. The molecule has 0 saturated heterocycles. The van der Waals surface area contributed by atoms with Gasteiger partial charge in [0.1, 0.15) is 11.1 Å². The first kappa shape index (κ1) is 22.2. The summed E-state index contributed by atoms with van der Waals surface area (Å²) in [4.78, 5) is 39.3. The highest BCUT2D eigenvalue weighted by Crippen LogP contribution is 2.66. The molecule has 0 aromatic carbocycles. The summed E-state index contributed by atoms with van der Waals surface area (Å²) >= 11 is 0.747. The van der Waals surface area contributed by atoms with Gasteiger partial charge < -0.3 is 20.3 Å². The summed E-state index contributed by atoms with van der Waals surface area (Å²) in [6.07, 6.45) is -5.99. The molecule has 1 aromatic rings. The quantitative estimate of drug-likeness (QED) is 0.525. The van der Waals surface area contributed by atoms with Gasteiger partial charge in [0.05, 0.1) is 5.92 Å². The molecular formula is C16H19F3N4O6S. The fourth-order valence-corrected chi connectivity index (χ4v) is 5.28. The number of hydrogen-bond donors (Lipinski definition) is 4. The molecule has 1 aromatic heterocycles. The summed E-state index contributed by atoms with van der Waals surface area (Å²) in [5.41, 5.74) is -2.85. The number of fused-ring (bicyclic) bond motifs is 1. The maximum atomic E-state index is 12.7. The Labute approximate surface area is 172 Å². The highest BCUT2D eigenvalue weighted by molar-refractivity contribution is 7.99. The van der Waals surface area contributed by atoms with Crippen LogP contribution in [0.25, 0.3) is 0 Å². The predicted molar refractivity (Wildman–Crippen MR) is 93.5 cm³/mol. The zero-order valence-corrected chi connectivity index (χ0v) is 16.8. The minimum atomic E-state index is -4.74. The summed E-state index contributed by atoms with van der Waals surface area (Å²) in [5.74, 6) is -6.73. The first-order chi connectivity index (χ1) is 13.7. The molecule has 2 saturated carbocycles. The highest BCUT2D eigenvalue weighted by atomic mass is 32.2. The van der Waals surface area contributed by atoms with Crippen LogP contribution in [0, 0.1) is 17.8 Å². The number of carbonyl (C=O) groups is 3. The fourth-order valence-electron chi connectivity index (χ4n) is 3.92. The largest absolute Gasteiger partial charge is 0.481 e. The number of hydrogen-bond acceptors (Lipinski definition) is 7. The molecule has 4 N–H and O–H groups in total. The van der Waals surface area contributed by atoms with Gasteiger partial charge in [-0.3, -0.25) is 9.89 Å². The lowest BCUT2D eigenvalue weighted by atomic mass is 9.90. The lowest BCUT2D eigenvalue weighted by molar-refractivity contribution is -0.147. The number of nitrogens with zero attached hydrogens (tertiary/aromatic N) is 2. The first-order valence-corrected chi connectivity index (χ1v) is 9.67. The summed E-state index contributed by atoms with van der Waals surface area (Å²) in [7, 11) is 0. The Morgan fingerprint density at radius 3 is 2.37 bits per heavy atom. The van der Waals surface area contributed by atoms with Crippen molar-refractivity contribution in [1.29, 1.82) is 0 Å². The highest BCUT2D eigenvalue weighted by Gasteiger charge is 2.76. The van der Waals surface area contributed by atoms with Crippen molar-refractivity contribution in [3.8, 4) is 0 Å². The van der Waals surface area contributed by atoms with Crippen molar-refractivity contribution in [2.45, 2.75) is 54.9 Å². The Hall–Kier alpha value is -2.51. The number of H-pyrrole nitrogens is 1. The van der Waals surface area contributed by atoms with E-state index in [4.69, 9.17) is 4.74 Å². The Bertz CT molecular complexity index is 885. The van der Waals surface area contributed by atoms with Crippen LogP contribution in [0.15, 0.2) is 5.16 Å². The number of carbonyl (C=O) groups excluding carboxylic acids is 1. The number of aromatic amines is 1. The van der Waals surface area contributed by atoms with Gasteiger partial charge in [0.2, 0.25) is 11.0 Å². The monoisotopic (exact) mass is 452 g/mol. The van der Waals surface area contributed by atoms with Crippen molar-refractivity contribution >= 4 is 29.8 Å². The molecule has 3 rings (SSSR count). The molecule has 5 atom stereocenters. The molecule has 0 bridgehead atoms. The molecule has 1 heterocycles. The van der Waals surface area contributed by atoms with Gasteiger partial charge in [-0.25, -0.2) is 9.59 Å². The third-order valence-corrected chi connectivity index (χ3v) is 6.15. The van der Waals surface area contributed by atoms with Crippen molar-refractivity contribution in [2.24, 2.45) is 17.8 Å². The minimum absolute atomic E-state index is 0.221. The van der Waals surface area contributed by atoms with Crippen LogP contribution in [0.1, 0.15) is 33.0 Å². The second-order valence-corrected chi connectivity index (χ2v) is 9.40. The van der Waals surface area contributed by atoms with Crippen LogP contribution in [0.3, 0.4) is 0 Å². The second-order valence-electron chi connectivity index (χ2n) is 8.20. The van der Waals surface area contributed by atoms with E-state index >= 15 is 0 Å². The number of alkyl halides is 3. The number of amides is 1. The number of alkyl carbamates (subject to hydrolysis) is 1. The molecule has 0 radical (unpaired) electrons. The van der Waals surface area contributed by atoms with E-state index in [0.29, 0.717) is 0 Å². The van der Waals surface area contributed by atoms with Gasteiger partial charge in [0.25, 0.3) is 0 Å². The average molecular weight is 452 g/mol. The fraction of sp³-hybridized carbons (Fsp3) is 0.688. The van der Waals surface area contributed by atoms with Crippen LogP contribution in [-0.4, -0.2) is 59.8 Å². The SMILES string of the molecule is CC(C)(C)OC(=O)N[C@@]1(C(=O)O)C[C@@H](Sc2n[nH]c(C(F)(F)F)n2)[C@H]2[C@H](C(=O)O)[C@H]21. The number of rotatable bonds is 5. The van der Waals surface area contributed by atoms with Gasteiger partial charge in [-0.1, -0.05) is 11.8 Å². The van der Waals surface area contributed by atoms with Gasteiger partial charge in [-0.15, -0.1) is 5.10 Å². The molecule has 166 valence electrons. The normalized spacial score (nSPS) is 30.5. The van der Waals surface area contributed by atoms with Crippen molar-refractivity contribution in [3.05, 3.63) is 5.82 Å². The number of nitrogens with one attached hydrogen (secondary N) is 2. The summed E-state index contributed by atoms with van der Waals surface area (Å²) in [5, 5.41) is 25.8. The molecule has 2 fully saturated rings. The number of aliphatic carboxylic acids is 2. The minimum Gasteiger partial charge on any atom is -0.481 e. The smallest absolute Gasteiger partial charge is 0.451 e. The van der Waals surface area contributed by atoms with E-state index in [-0.39, 0.29) is 11.6 Å². The van der Waals surface area contributed by atoms with Crippen molar-refractivity contribution in [3.63, 3.8) is 0 Å². The van der Waals surface area contributed by atoms with Crippen molar-refractivity contribution in [1.82, 2.24) is 20.5 Å². The van der Waals surface area contributed by atoms with Crippen LogP contribution in [-0.2, 0) is 20.5 Å². The Balaban J connectivity index is 1.85. The topological polar surface area (TPSA) is 154 Å². The maximum absolute atomic E-state index is 12.7. The first-order valence-electron chi connectivity index (χ1n) is 8.79. The second kappa shape index (κ2) is 7.03. The lowest BCUT2D eigenvalue weighted by Gasteiger charge is -2.31. The molecule has 2 aliphatic carbocycles. The van der Waals surface area contributed by atoms with E-state index in [1.54, 1.807) is 25.9 Å². The number of ether oxygens (including phenoxy) is 1. The third kappa shape index (κ3) is 4.04. The van der Waals surface area contributed by atoms with E-state index < -0.39 is 64.2 Å². The van der Waals surface area contributed by atoms with Crippen molar-refractivity contribution < 1.29 is 42.5 Å². The van der Waals surface area contributed by atoms with Crippen LogP contribution < -0.4 is 5.32 Å². The zero-order chi connectivity index (χ0) is 22.6. The van der Waals surface area contributed by atoms with E-state index in [0.717, 1.165) is 11.8 Å². The molecule has 0 unspecified atom stereocenters. The number of aromatic nitrogens is 3. The molecule has 14 heteroatoms. The number of carboxylic acid groups (broad SMARTS) is 2. The molecule has 0 aliphatic heterocycles. The maximum Gasteiger partial charge on any atom is 0.451 e.